The van der Waals surface area contributed by atoms with Gasteiger partial charge in [-0.3, -0.25) is 4.79 Å². The van der Waals surface area contributed by atoms with E-state index >= 15 is 0 Å². The molecule has 2 rings (SSSR count). The summed E-state index contributed by atoms with van der Waals surface area (Å²) in [4.78, 5) is 12.0. The van der Waals surface area contributed by atoms with Crippen molar-refractivity contribution in [2.75, 3.05) is 19.3 Å². The van der Waals surface area contributed by atoms with Crippen LogP contribution in [0.25, 0.3) is 0 Å². The minimum absolute atomic E-state index is 0.0256. The lowest BCUT2D eigenvalue weighted by Gasteiger charge is -2.29. The van der Waals surface area contributed by atoms with Crippen molar-refractivity contribution >= 4 is 15.9 Å². The molecule has 1 saturated carbocycles. The lowest BCUT2D eigenvalue weighted by atomic mass is 10.1. The molecule has 0 aromatic heterocycles. The fourth-order valence-corrected chi connectivity index (χ4v) is 4.54. The third-order valence-electron chi connectivity index (χ3n) is 4.57. The summed E-state index contributed by atoms with van der Waals surface area (Å²) in [6.45, 7) is 0.538. The predicted octanol–water partition coefficient (Wildman–Crippen LogP) is 2.47. The van der Waals surface area contributed by atoms with Gasteiger partial charge in [0.1, 0.15) is 5.82 Å². The average molecular weight is 370 g/mol. The first-order valence-electron chi connectivity index (χ1n) is 8.84. The molecular formula is C18H27FN2O3S. The molecule has 1 aliphatic rings. The Kier molecular flexibility index (Phi) is 7.38. The van der Waals surface area contributed by atoms with Gasteiger partial charge in [0.25, 0.3) is 0 Å². The molecule has 0 aliphatic heterocycles. The highest BCUT2D eigenvalue weighted by Crippen LogP contribution is 2.23. The maximum atomic E-state index is 13.1. The molecule has 1 aromatic carbocycles. The monoisotopic (exact) mass is 370 g/mol. The number of hydrogen-bond acceptors (Lipinski definition) is 3. The van der Waals surface area contributed by atoms with Crippen molar-refractivity contribution in [2.45, 2.75) is 51.0 Å². The number of benzene rings is 1. The molecule has 1 fully saturated rings. The molecule has 0 spiro atoms. The average Bonchev–Trinajstić information content (AvgIpc) is 2.79. The van der Waals surface area contributed by atoms with Crippen molar-refractivity contribution in [1.82, 2.24) is 9.62 Å². The third kappa shape index (κ3) is 6.74. The van der Waals surface area contributed by atoms with Gasteiger partial charge in [-0.2, -0.15) is 4.31 Å². The number of nitrogens with one attached hydrogen (secondary N) is 1. The largest absolute Gasteiger partial charge is 0.354 e. The van der Waals surface area contributed by atoms with Gasteiger partial charge in [0, 0.05) is 19.1 Å². The van der Waals surface area contributed by atoms with E-state index in [-0.39, 0.29) is 37.3 Å². The molecule has 5 nitrogen and oxygen atoms in total. The number of hydrogen-bond donors (Lipinski definition) is 1. The number of halogens is 1. The summed E-state index contributed by atoms with van der Waals surface area (Å²) < 4.78 is 38.9. The zero-order valence-corrected chi connectivity index (χ0v) is 15.5. The molecular weight excluding hydrogens is 343 g/mol. The fourth-order valence-electron chi connectivity index (χ4n) is 3.37. The first-order chi connectivity index (χ1) is 11.9. The first kappa shape index (κ1) is 19.8. The van der Waals surface area contributed by atoms with Gasteiger partial charge in [-0.05, 0) is 30.5 Å². The molecule has 0 atom stereocenters. The Hall–Kier alpha value is -1.47. The Labute approximate surface area is 149 Å². The summed E-state index contributed by atoms with van der Waals surface area (Å²) in [5.74, 6) is -0.609. The molecule has 1 amide bonds. The quantitative estimate of drug-likeness (QED) is 0.750. The van der Waals surface area contributed by atoms with Crippen molar-refractivity contribution in [3.05, 3.63) is 35.6 Å². The van der Waals surface area contributed by atoms with E-state index in [0.29, 0.717) is 5.56 Å². The van der Waals surface area contributed by atoms with Gasteiger partial charge in [-0.25, -0.2) is 12.8 Å². The van der Waals surface area contributed by atoms with Crippen LogP contribution in [-0.4, -0.2) is 44.0 Å². The Morgan fingerprint density at radius 1 is 1.24 bits per heavy atom. The topological polar surface area (TPSA) is 66.5 Å². The summed E-state index contributed by atoms with van der Waals surface area (Å²) in [5.41, 5.74) is 0.598. The number of carbonyl (C=O) groups excluding carboxylic acids is 1. The van der Waals surface area contributed by atoms with E-state index in [1.807, 2.05) is 0 Å². The van der Waals surface area contributed by atoms with Crippen LogP contribution in [0.5, 0.6) is 0 Å². The van der Waals surface area contributed by atoms with Crippen LogP contribution in [0.2, 0.25) is 0 Å². The summed E-state index contributed by atoms with van der Waals surface area (Å²) >= 11 is 0. The number of carbonyl (C=O) groups is 1. The maximum Gasteiger partial charge on any atom is 0.224 e. The molecule has 0 heterocycles. The minimum atomic E-state index is -3.31. The summed E-state index contributed by atoms with van der Waals surface area (Å²) in [6.07, 6.45) is 7.46. The van der Waals surface area contributed by atoms with E-state index in [1.165, 1.54) is 22.7 Å². The Balaban J connectivity index is 1.86. The van der Waals surface area contributed by atoms with Crippen LogP contribution in [0.3, 0.4) is 0 Å². The van der Waals surface area contributed by atoms with Crippen LogP contribution in [-0.2, 0) is 21.2 Å². The van der Waals surface area contributed by atoms with Gasteiger partial charge in [0.15, 0.2) is 0 Å². The highest BCUT2D eigenvalue weighted by molar-refractivity contribution is 7.88. The van der Waals surface area contributed by atoms with E-state index in [9.17, 15) is 17.6 Å². The molecule has 0 saturated heterocycles. The van der Waals surface area contributed by atoms with Crippen molar-refractivity contribution in [2.24, 2.45) is 0 Å². The second-order valence-electron chi connectivity index (χ2n) is 6.68. The highest BCUT2D eigenvalue weighted by atomic mass is 32.2. The van der Waals surface area contributed by atoms with Crippen LogP contribution in [0.1, 0.15) is 44.1 Å². The van der Waals surface area contributed by atoms with Crippen molar-refractivity contribution < 1.29 is 17.6 Å². The van der Waals surface area contributed by atoms with E-state index in [4.69, 9.17) is 0 Å². The molecule has 140 valence electrons. The smallest absolute Gasteiger partial charge is 0.224 e. The zero-order valence-electron chi connectivity index (χ0n) is 14.7. The SMILES string of the molecule is CS(=O)(=O)N(CCNC(=O)Cc1cccc(F)c1)C1CCCCCC1. The van der Waals surface area contributed by atoms with Crippen LogP contribution in [0.15, 0.2) is 24.3 Å². The maximum absolute atomic E-state index is 13.1. The number of rotatable bonds is 7. The summed E-state index contributed by atoms with van der Waals surface area (Å²) in [5, 5.41) is 2.74. The lowest BCUT2D eigenvalue weighted by Crippen LogP contribution is -2.44. The van der Waals surface area contributed by atoms with Gasteiger partial charge >= 0.3 is 0 Å². The van der Waals surface area contributed by atoms with Gasteiger partial charge < -0.3 is 5.32 Å². The van der Waals surface area contributed by atoms with Crippen LogP contribution >= 0.6 is 0 Å². The third-order valence-corrected chi connectivity index (χ3v) is 5.90. The summed E-state index contributed by atoms with van der Waals surface area (Å²) in [7, 11) is -3.31. The van der Waals surface area contributed by atoms with Crippen molar-refractivity contribution in [3.63, 3.8) is 0 Å². The molecule has 0 radical (unpaired) electrons. The second-order valence-corrected chi connectivity index (χ2v) is 8.61. The standard InChI is InChI=1S/C18H27FN2O3S/c1-25(23,24)21(17-9-4-2-3-5-10-17)12-11-20-18(22)14-15-7-6-8-16(19)13-15/h6-8,13,17H,2-5,9-12,14H2,1H3,(H,20,22). The molecule has 0 unspecified atom stereocenters. The Morgan fingerprint density at radius 3 is 2.52 bits per heavy atom. The predicted molar refractivity (Wildman–Crippen MR) is 96.2 cm³/mol. The van der Waals surface area contributed by atoms with Crippen molar-refractivity contribution in [3.8, 4) is 0 Å². The van der Waals surface area contributed by atoms with E-state index in [2.05, 4.69) is 5.32 Å². The van der Waals surface area contributed by atoms with Gasteiger partial charge in [-0.1, -0.05) is 37.8 Å². The van der Waals surface area contributed by atoms with E-state index in [1.54, 1.807) is 12.1 Å². The van der Waals surface area contributed by atoms with Gasteiger partial charge in [-0.15, -0.1) is 0 Å². The summed E-state index contributed by atoms with van der Waals surface area (Å²) in [6, 6.07) is 5.94. The zero-order chi connectivity index (χ0) is 18.3. The van der Waals surface area contributed by atoms with Gasteiger partial charge in [0.05, 0.1) is 12.7 Å². The first-order valence-corrected chi connectivity index (χ1v) is 10.7. The van der Waals surface area contributed by atoms with Crippen LogP contribution in [0.4, 0.5) is 4.39 Å². The molecule has 1 aromatic rings. The lowest BCUT2D eigenvalue weighted by molar-refractivity contribution is -0.120. The molecule has 0 bridgehead atoms. The van der Waals surface area contributed by atoms with Crippen LogP contribution in [0, 0.1) is 5.82 Å². The van der Waals surface area contributed by atoms with E-state index < -0.39 is 10.0 Å². The van der Waals surface area contributed by atoms with Crippen molar-refractivity contribution in [1.29, 1.82) is 0 Å². The highest BCUT2D eigenvalue weighted by Gasteiger charge is 2.26. The number of sulfonamides is 1. The minimum Gasteiger partial charge on any atom is -0.354 e. The fraction of sp³-hybridized carbons (Fsp3) is 0.611. The molecule has 25 heavy (non-hydrogen) atoms. The molecule has 1 aliphatic carbocycles. The molecule has 1 N–H and O–H groups in total. The number of amides is 1. The Bertz CT molecular complexity index is 671. The Morgan fingerprint density at radius 2 is 1.92 bits per heavy atom. The van der Waals surface area contributed by atoms with Gasteiger partial charge in [0.2, 0.25) is 15.9 Å². The van der Waals surface area contributed by atoms with Crippen LogP contribution < -0.4 is 5.32 Å². The molecule has 7 heteroatoms. The normalized spacial score (nSPS) is 16.6. The number of nitrogens with zero attached hydrogens (tertiary/aromatic N) is 1. The second kappa shape index (κ2) is 9.29. The van der Waals surface area contributed by atoms with E-state index in [0.717, 1.165) is 38.5 Å².